The maximum absolute atomic E-state index is 13.2. The van der Waals surface area contributed by atoms with E-state index < -0.39 is 17.7 Å². The number of ketones is 1. The molecule has 1 N–H and O–H groups in total. The van der Waals surface area contributed by atoms with Gasteiger partial charge >= 0.3 is 0 Å². The maximum Gasteiger partial charge on any atom is 0.300 e. The molecule has 7 heteroatoms. The quantitative estimate of drug-likeness (QED) is 0.311. The van der Waals surface area contributed by atoms with Gasteiger partial charge in [0.25, 0.3) is 11.7 Å². The second-order valence-electron chi connectivity index (χ2n) is 7.54. The topological polar surface area (TPSA) is 79.7 Å². The van der Waals surface area contributed by atoms with Crippen LogP contribution in [-0.4, -0.2) is 28.9 Å². The normalized spacial score (nSPS) is 17.6. The Morgan fingerprint density at radius 1 is 1.06 bits per heavy atom. The SMILES string of the molecule is COc1ccc(/C(O)=C2\C(=O)C(=O)N(c3ccc(C)c(C)c3)C2c2ccccn2)cc1Br. The van der Waals surface area contributed by atoms with Gasteiger partial charge in [-0.3, -0.25) is 19.5 Å². The Bertz CT molecular complexity index is 1250. The first-order valence-corrected chi connectivity index (χ1v) is 10.8. The van der Waals surface area contributed by atoms with Gasteiger partial charge in [0, 0.05) is 17.4 Å². The van der Waals surface area contributed by atoms with Crippen molar-refractivity contribution in [3.05, 3.63) is 93.2 Å². The molecule has 0 aliphatic carbocycles. The van der Waals surface area contributed by atoms with Gasteiger partial charge in [-0.25, -0.2) is 0 Å². The summed E-state index contributed by atoms with van der Waals surface area (Å²) < 4.78 is 5.86. The summed E-state index contributed by atoms with van der Waals surface area (Å²) in [5.74, 6) is -1.16. The van der Waals surface area contributed by atoms with Crippen molar-refractivity contribution in [2.24, 2.45) is 0 Å². The molecule has 1 amide bonds. The Labute approximate surface area is 194 Å². The number of rotatable bonds is 4. The second-order valence-corrected chi connectivity index (χ2v) is 8.40. The second kappa shape index (κ2) is 8.59. The van der Waals surface area contributed by atoms with E-state index in [1.54, 1.807) is 48.7 Å². The van der Waals surface area contributed by atoms with Gasteiger partial charge in [-0.15, -0.1) is 0 Å². The van der Waals surface area contributed by atoms with Gasteiger partial charge in [0.15, 0.2) is 0 Å². The molecule has 1 saturated heterocycles. The van der Waals surface area contributed by atoms with Gasteiger partial charge in [0.05, 0.1) is 22.8 Å². The summed E-state index contributed by atoms with van der Waals surface area (Å²) in [4.78, 5) is 32.1. The van der Waals surface area contributed by atoms with E-state index in [9.17, 15) is 14.7 Å². The van der Waals surface area contributed by atoms with E-state index in [-0.39, 0.29) is 11.3 Å². The largest absolute Gasteiger partial charge is 0.507 e. The average molecular weight is 493 g/mol. The lowest BCUT2D eigenvalue weighted by Gasteiger charge is -2.25. The standard InChI is InChI=1S/C25H21BrN2O4/c1-14-7-9-17(12-15(14)2)28-22(19-6-4-5-11-27-19)21(24(30)25(28)31)23(29)16-8-10-20(32-3)18(26)13-16/h4-13,22,29H,1-3H3/b23-21+. The third kappa shape index (κ3) is 3.69. The fourth-order valence-electron chi connectivity index (χ4n) is 3.76. The zero-order valence-corrected chi connectivity index (χ0v) is 19.4. The molecule has 32 heavy (non-hydrogen) atoms. The zero-order valence-electron chi connectivity index (χ0n) is 17.8. The molecule has 2 heterocycles. The number of carbonyl (C=O) groups is 2. The van der Waals surface area contributed by atoms with Gasteiger partial charge in [-0.2, -0.15) is 0 Å². The summed E-state index contributed by atoms with van der Waals surface area (Å²) in [6.45, 7) is 3.92. The van der Waals surface area contributed by atoms with Crippen molar-refractivity contribution in [2.45, 2.75) is 19.9 Å². The highest BCUT2D eigenvalue weighted by Crippen LogP contribution is 2.42. The number of benzene rings is 2. The number of amides is 1. The average Bonchev–Trinajstić information content (AvgIpc) is 3.06. The van der Waals surface area contributed by atoms with Crippen molar-refractivity contribution in [3.63, 3.8) is 0 Å². The number of nitrogens with zero attached hydrogens (tertiary/aromatic N) is 2. The minimum atomic E-state index is -0.862. The summed E-state index contributed by atoms with van der Waals surface area (Å²) in [7, 11) is 1.54. The fourth-order valence-corrected chi connectivity index (χ4v) is 4.30. The van der Waals surface area contributed by atoms with E-state index in [2.05, 4.69) is 20.9 Å². The molecular weight excluding hydrogens is 472 g/mol. The monoisotopic (exact) mass is 492 g/mol. The van der Waals surface area contributed by atoms with Crippen molar-refractivity contribution in [1.29, 1.82) is 0 Å². The van der Waals surface area contributed by atoms with Gasteiger partial charge in [0.1, 0.15) is 17.6 Å². The number of aliphatic hydroxyl groups excluding tert-OH is 1. The highest BCUT2D eigenvalue weighted by molar-refractivity contribution is 9.10. The van der Waals surface area contributed by atoms with Crippen LogP contribution in [0.15, 0.2) is 70.8 Å². The molecule has 1 aromatic heterocycles. The Hall–Kier alpha value is -3.45. The van der Waals surface area contributed by atoms with Crippen LogP contribution in [0.3, 0.4) is 0 Å². The lowest BCUT2D eigenvalue weighted by Crippen LogP contribution is -2.29. The summed E-state index contributed by atoms with van der Waals surface area (Å²) in [5.41, 5.74) is 3.49. The van der Waals surface area contributed by atoms with Crippen LogP contribution >= 0.6 is 15.9 Å². The number of Topliss-reactive ketones (excluding diaryl/α,β-unsaturated/α-hetero) is 1. The van der Waals surface area contributed by atoms with Crippen LogP contribution in [0.2, 0.25) is 0 Å². The molecule has 162 valence electrons. The van der Waals surface area contributed by atoms with Crippen LogP contribution in [0.5, 0.6) is 5.75 Å². The minimum Gasteiger partial charge on any atom is -0.507 e. The molecule has 0 saturated carbocycles. The number of pyridine rings is 1. The lowest BCUT2D eigenvalue weighted by atomic mass is 9.98. The Balaban J connectivity index is 1.94. The molecule has 0 radical (unpaired) electrons. The van der Waals surface area contributed by atoms with Crippen molar-refractivity contribution in [1.82, 2.24) is 4.98 Å². The molecule has 1 aliphatic heterocycles. The maximum atomic E-state index is 13.2. The molecule has 6 nitrogen and oxygen atoms in total. The highest BCUT2D eigenvalue weighted by atomic mass is 79.9. The van der Waals surface area contributed by atoms with E-state index in [4.69, 9.17) is 4.74 Å². The number of carbonyl (C=O) groups excluding carboxylic acids is 2. The van der Waals surface area contributed by atoms with Crippen molar-refractivity contribution < 1.29 is 19.4 Å². The molecule has 1 aliphatic rings. The summed E-state index contributed by atoms with van der Waals surface area (Å²) >= 11 is 3.40. The van der Waals surface area contributed by atoms with Crippen LogP contribution in [-0.2, 0) is 9.59 Å². The smallest absolute Gasteiger partial charge is 0.300 e. The number of hydrogen-bond donors (Lipinski definition) is 1. The zero-order chi connectivity index (χ0) is 23.0. The summed E-state index contributed by atoms with van der Waals surface area (Å²) in [6.07, 6.45) is 1.60. The van der Waals surface area contributed by atoms with Crippen LogP contribution in [0.1, 0.15) is 28.4 Å². The molecule has 0 bridgehead atoms. The third-order valence-corrected chi connectivity index (χ3v) is 6.23. The highest BCUT2D eigenvalue weighted by Gasteiger charge is 2.47. The molecule has 1 fully saturated rings. The molecule has 2 aromatic carbocycles. The molecular formula is C25H21BrN2O4. The molecule has 1 unspecified atom stereocenters. The minimum absolute atomic E-state index is 0.0102. The molecule has 3 aromatic rings. The van der Waals surface area contributed by atoms with E-state index in [0.717, 1.165) is 11.1 Å². The lowest BCUT2D eigenvalue weighted by molar-refractivity contribution is -0.132. The van der Waals surface area contributed by atoms with E-state index >= 15 is 0 Å². The number of ether oxygens (including phenoxy) is 1. The van der Waals surface area contributed by atoms with Crippen molar-refractivity contribution >= 4 is 39.1 Å². The van der Waals surface area contributed by atoms with Crippen LogP contribution in [0.4, 0.5) is 5.69 Å². The summed E-state index contributed by atoms with van der Waals surface area (Å²) in [6, 6.07) is 14.9. The van der Waals surface area contributed by atoms with Crippen LogP contribution in [0.25, 0.3) is 5.76 Å². The van der Waals surface area contributed by atoms with E-state index in [1.165, 1.54) is 12.0 Å². The Morgan fingerprint density at radius 2 is 1.84 bits per heavy atom. The van der Waals surface area contributed by atoms with Crippen molar-refractivity contribution in [3.8, 4) is 5.75 Å². The fraction of sp³-hybridized carbons (Fsp3) is 0.160. The number of aliphatic hydroxyl groups is 1. The first-order valence-electron chi connectivity index (χ1n) is 9.96. The molecule has 4 rings (SSSR count). The number of aromatic nitrogens is 1. The first kappa shape index (κ1) is 21.8. The van der Waals surface area contributed by atoms with Gasteiger partial charge in [-0.05, 0) is 83.4 Å². The van der Waals surface area contributed by atoms with Crippen LogP contribution < -0.4 is 9.64 Å². The van der Waals surface area contributed by atoms with E-state index in [1.807, 2.05) is 26.0 Å². The number of anilines is 1. The van der Waals surface area contributed by atoms with Gasteiger partial charge < -0.3 is 9.84 Å². The number of methoxy groups -OCH3 is 1. The number of hydrogen-bond acceptors (Lipinski definition) is 5. The van der Waals surface area contributed by atoms with Gasteiger partial charge in [-0.1, -0.05) is 12.1 Å². The number of aryl methyl sites for hydroxylation is 2. The van der Waals surface area contributed by atoms with Crippen molar-refractivity contribution in [2.75, 3.05) is 12.0 Å². The van der Waals surface area contributed by atoms with Gasteiger partial charge in [0.2, 0.25) is 0 Å². The predicted molar refractivity (Wildman–Crippen MR) is 126 cm³/mol. The molecule has 0 spiro atoms. The Kier molecular flexibility index (Phi) is 5.84. The van der Waals surface area contributed by atoms with E-state index in [0.29, 0.717) is 27.2 Å². The third-order valence-electron chi connectivity index (χ3n) is 5.61. The molecule has 1 atom stereocenters. The predicted octanol–water partition coefficient (Wildman–Crippen LogP) is 5.10. The van der Waals surface area contributed by atoms with Crippen LogP contribution in [0, 0.1) is 13.8 Å². The Morgan fingerprint density at radius 3 is 2.47 bits per heavy atom. The first-order chi connectivity index (χ1) is 15.3. The summed E-state index contributed by atoms with van der Waals surface area (Å²) in [5, 5.41) is 11.2. The number of halogens is 1.